The van der Waals surface area contributed by atoms with E-state index in [0.717, 1.165) is 51.2 Å². The van der Waals surface area contributed by atoms with Gasteiger partial charge in [-0.1, -0.05) is 0 Å². The fraction of sp³-hybridized carbons (Fsp3) is 0.727. The minimum absolute atomic E-state index is 0.734. The molecule has 92 valence electrons. The highest BCUT2D eigenvalue weighted by molar-refractivity contribution is 5.42. The van der Waals surface area contributed by atoms with Crippen LogP contribution in [0, 0.1) is 0 Å². The molecule has 17 heavy (non-hydrogen) atoms. The van der Waals surface area contributed by atoms with Crippen LogP contribution in [0.3, 0.4) is 0 Å². The van der Waals surface area contributed by atoms with Crippen LogP contribution in [-0.4, -0.2) is 54.6 Å². The number of ether oxygens (including phenoxy) is 1. The summed E-state index contributed by atoms with van der Waals surface area (Å²) in [5, 5.41) is 8.18. The highest BCUT2D eigenvalue weighted by Crippen LogP contribution is 2.18. The van der Waals surface area contributed by atoms with Crippen molar-refractivity contribution in [1.82, 2.24) is 15.2 Å². The van der Waals surface area contributed by atoms with Crippen molar-refractivity contribution in [1.29, 1.82) is 0 Å². The first-order valence-corrected chi connectivity index (χ1v) is 6.21. The third-order valence-corrected chi connectivity index (χ3v) is 3.26. The Kier molecular flexibility index (Phi) is 3.04. The molecule has 0 aromatic carbocycles. The molecule has 1 aromatic heterocycles. The fourth-order valence-corrected chi connectivity index (χ4v) is 2.28. The minimum atomic E-state index is 0.734. The Morgan fingerprint density at radius 2 is 1.76 bits per heavy atom. The van der Waals surface area contributed by atoms with E-state index in [-0.39, 0.29) is 0 Å². The van der Waals surface area contributed by atoms with Gasteiger partial charge in [-0.25, -0.2) is 0 Å². The van der Waals surface area contributed by atoms with Crippen LogP contribution in [0.2, 0.25) is 0 Å². The molecule has 3 rings (SSSR count). The summed E-state index contributed by atoms with van der Waals surface area (Å²) in [7, 11) is 0. The van der Waals surface area contributed by atoms with Crippen molar-refractivity contribution in [2.24, 2.45) is 0 Å². The zero-order valence-corrected chi connectivity index (χ0v) is 9.88. The summed E-state index contributed by atoms with van der Waals surface area (Å²) in [4.78, 5) is 9.01. The molecule has 0 unspecified atom stereocenters. The summed E-state index contributed by atoms with van der Waals surface area (Å²) in [6.45, 7) is 5.37. The van der Waals surface area contributed by atoms with Crippen LogP contribution >= 0.6 is 0 Å². The zero-order chi connectivity index (χ0) is 11.5. The van der Waals surface area contributed by atoms with E-state index < -0.39 is 0 Å². The average molecular weight is 235 g/mol. The first-order valence-electron chi connectivity index (χ1n) is 6.21. The summed E-state index contributed by atoms with van der Waals surface area (Å²) in [5.41, 5.74) is 0. The van der Waals surface area contributed by atoms with Gasteiger partial charge in [0.15, 0.2) is 5.82 Å². The van der Waals surface area contributed by atoms with Gasteiger partial charge in [-0.2, -0.15) is 10.1 Å². The molecule has 2 aliphatic rings. The van der Waals surface area contributed by atoms with Crippen LogP contribution in [0.15, 0.2) is 6.20 Å². The molecular weight excluding hydrogens is 218 g/mol. The Labute approximate surface area is 101 Å². The molecule has 0 atom stereocenters. The van der Waals surface area contributed by atoms with Gasteiger partial charge >= 0.3 is 0 Å². The summed E-state index contributed by atoms with van der Waals surface area (Å²) in [5.74, 6) is 1.69. The van der Waals surface area contributed by atoms with E-state index in [1.165, 1.54) is 12.8 Å². The molecule has 6 nitrogen and oxygen atoms in total. The molecule has 2 saturated heterocycles. The lowest BCUT2D eigenvalue weighted by Gasteiger charge is -2.27. The van der Waals surface area contributed by atoms with Crippen LogP contribution in [0.25, 0.3) is 0 Å². The molecule has 1 aromatic rings. The molecule has 0 aliphatic carbocycles. The Hall–Kier alpha value is -1.43. The minimum Gasteiger partial charge on any atom is -0.378 e. The number of hydrogen-bond acceptors (Lipinski definition) is 6. The van der Waals surface area contributed by atoms with E-state index in [2.05, 4.69) is 25.0 Å². The zero-order valence-electron chi connectivity index (χ0n) is 9.88. The maximum absolute atomic E-state index is 5.32. The quantitative estimate of drug-likeness (QED) is 0.735. The first kappa shape index (κ1) is 10.7. The van der Waals surface area contributed by atoms with Gasteiger partial charge in [0.25, 0.3) is 0 Å². The van der Waals surface area contributed by atoms with E-state index in [0.29, 0.717) is 0 Å². The van der Waals surface area contributed by atoms with Gasteiger partial charge in [0.1, 0.15) is 0 Å². The Bertz CT molecular complexity index is 374. The summed E-state index contributed by atoms with van der Waals surface area (Å²) >= 11 is 0. The van der Waals surface area contributed by atoms with Crippen molar-refractivity contribution in [2.45, 2.75) is 12.8 Å². The van der Waals surface area contributed by atoms with Crippen LogP contribution in [0.1, 0.15) is 12.8 Å². The van der Waals surface area contributed by atoms with Crippen LogP contribution in [0.5, 0.6) is 0 Å². The van der Waals surface area contributed by atoms with E-state index >= 15 is 0 Å². The second-order valence-electron chi connectivity index (χ2n) is 4.41. The van der Waals surface area contributed by atoms with Gasteiger partial charge < -0.3 is 14.5 Å². The first-order chi connectivity index (χ1) is 8.43. The van der Waals surface area contributed by atoms with Crippen molar-refractivity contribution in [3.05, 3.63) is 6.20 Å². The molecular formula is C11H17N5O. The average Bonchev–Trinajstić information content (AvgIpc) is 2.94. The number of nitrogens with zero attached hydrogens (tertiary/aromatic N) is 5. The highest BCUT2D eigenvalue weighted by atomic mass is 16.5. The highest BCUT2D eigenvalue weighted by Gasteiger charge is 2.18. The Balaban J connectivity index is 1.77. The van der Waals surface area contributed by atoms with Crippen molar-refractivity contribution >= 4 is 11.8 Å². The molecule has 0 radical (unpaired) electrons. The fourth-order valence-electron chi connectivity index (χ4n) is 2.28. The number of rotatable bonds is 2. The normalized spacial score (nSPS) is 20.9. The van der Waals surface area contributed by atoms with Crippen molar-refractivity contribution in [3.63, 3.8) is 0 Å². The molecule has 6 heteroatoms. The monoisotopic (exact) mass is 235 g/mol. The molecule has 0 bridgehead atoms. The van der Waals surface area contributed by atoms with Gasteiger partial charge in [-0.05, 0) is 12.8 Å². The molecule has 3 heterocycles. The molecule has 0 amide bonds. The summed E-state index contributed by atoms with van der Waals surface area (Å²) < 4.78 is 5.32. The molecule has 0 N–H and O–H groups in total. The van der Waals surface area contributed by atoms with Crippen molar-refractivity contribution in [3.8, 4) is 0 Å². The van der Waals surface area contributed by atoms with E-state index in [1.54, 1.807) is 6.20 Å². The van der Waals surface area contributed by atoms with Gasteiger partial charge in [0.05, 0.1) is 19.4 Å². The lowest BCUT2D eigenvalue weighted by Crippen LogP contribution is -2.37. The van der Waals surface area contributed by atoms with Crippen LogP contribution < -0.4 is 9.80 Å². The molecule has 2 aliphatic heterocycles. The largest absolute Gasteiger partial charge is 0.378 e. The van der Waals surface area contributed by atoms with Crippen molar-refractivity contribution in [2.75, 3.05) is 49.2 Å². The predicted molar refractivity (Wildman–Crippen MR) is 64.3 cm³/mol. The number of aromatic nitrogens is 3. The summed E-state index contributed by atoms with van der Waals surface area (Å²) in [6, 6.07) is 0. The van der Waals surface area contributed by atoms with Gasteiger partial charge in [-0.15, -0.1) is 5.10 Å². The standard InChI is InChI=1S/C11H17N5O/c1-2-4-15(3-1)10-9-12-14-11(13-10)16-5-7-17-8-6-16/h9H,1-8H2. The third-order valence-electron chi connectivity index (χ3n) is 3.26. The Morgan fingerprint density at radius 1 is 1.00 bits per heavy atom. The van der Waals surface area contributed by atoms with Crippen LogP contribution in [0.4, 0.5) is 11.8 Å². The van der Waals surface area contributed by atoms with E-state index in [9.17, 15) is 0 Å². The van der Waals surface area contributed by atoms with Gasteiger partial charge in [0.2, 0.25) is 5.95 Å². The topological polar surface area (TPSA) is 54.4 Å². The number of anilines is 2. The van der Waals surface area contributed by atoms with Gasteiger partial charge in [0, 0.05) is 26.2 Å². The summed E-state index contributed by atoms with van der Waals surface area (Å²) in [6.07, 6.45) is 4.25. The van der Waals surface area contributed by atoms with Gasteiger partial charge in [-0.3, -0.25) is 0 Å². The Morgan fingerprint density at radius 3 is 2.53 bits per heavy atom. The van der Waals surface area contributed by atoms with E-state index in [4.69, 9.17) is 4.74 Å². The second kappa shape index (κ2) is 4.83. The molecule has 2 fully saturated rings. The third kappa shape index (κ3) is 2.31. The molecule has 0 spiro atoms. The predicted octanol–water partition coefficient (Wildman–Crippen LogP) is 0.308. The van der Waals surface area contributed by atoms with E-state index in [1.807, 2.05) is 0 Å². The number of hydrogen-bond donors (Lipinski definition) is 0. The molecule has 0 saturated carbocycles. The number of morpholine rings is 1. The lowest BCUT2D eigenvalue weighted by atomic mass is 10.4. The SMILES string of the molecule is c1nnc(N2CCOCC2)nc1N1CCCC1. The van der Waals surface area contributed by atoms with Crippen LogP contribution in [-0.2, 0) is 4.74 Å². The maximum atomic E-state index is 5.32. The van der Waals surface area contributed by atoms with Crippen molar-refractivity contribution < 1.29 is 4.74 Å². The second-order valence-corrected chi connectivity index (χ2v) is 4.41. The maximum Gasteiger partial charge on any atom is 0.247 e. The lowest BCUT2D eigenvalue weighted by molar-refractivity contribution is 0.122. The smallest absolute Gasteiger partial charge is 0.247 e.